The van der Waals surface area contributed by atoms with Crippen LogP contribution in [0.2, 0.25) is 0 Å². The Morgan fingerprint density at radius 3 is 2.84 bits per heavy atom. The Kier molecular flexibility index (Phi) is 3.79. The second-order valence-electron chi connectivity index (χ2n) is 4.19. The molecule has 0 aliphatic heterocycles. The topological polar surface area (TPSA) is 72.7 Å². The summed E-state index contributed by atoms with van der Waals surface area (Å²) in [6.45, 7) is 1.90. The van der Waals surface area contributed by atoms with Crippen molar-refractivity contribution in [2.24, 2.45) is 0 Å². The fraction of sp³-hybridized carbons (Fsp3) is 0.308. The van der Waals surface area contributed by atoms with Gasteiger partial charge < -0.3 is 14.5 Å². The molecule has 0 atom stereocenters. The third-order valence-corrected chi connectivity index (χ3v) is 2.64. The molecule has 0 aliphatic rings. The van der Waals surface area contributed by atoms with Gasteiger partial charge in [0.25, 0.3) is 0 Å². The molecule has 6 nitrogen and oxygen atoms in total. The highest BCUT2D eigenvalue weighted by atomic mass is 16.5. The van der Waals surface area contributed by atoms with Crippen molar-refractivity contribution in [2.75, 3.05) is 12.4 Å². The SMILES string of the molecule is COC(=O)CCC(=O)Nc1ccc2nc(C)cn2c1. The average molecular weight is 261 g/mol. The van der Waals surface area contributed by atoms with Gasteiger partial charge in [0.15, 0.2) is 0 Å². The number of fused-ring (bicyclic) bond motifs is 1. The van der Waals surface area contributed by atoms with Gasteiger partial charge in [0.05, 0.1) is 24.9 Å². The number of amides is 1. The maximum absolute atomic E-state index is 11.6. The summed E-state index contributed by atoms with van der Waals surface area (Å²) in [7, 11) is 1.30. The molecule has 0 aromatic carbocycles. The minimum atomic E-state index is -0.393. The number of methoxy groups -OCH3 is 1. The van der Waals surface area contributed by atoms with Crippen molar-refractivity contribution < 1.29 is 14.3 Å². The molecule has 0 fully saturated rings. The highest BCUT2D eigenvalue weighted by Crippen LogP contribution is 2.12. The number of nitrogens with zero attached hydrogens (tertiary/aromatic N) is 2. The van der Waals surface area contributed by atoms with Crippen LogP contribution in [0.4, 0.5) is 5.69 Å². The Hall–Kier alpha value is -2.37. The highest BCUT2D eigenvalue weighted by Gasteiger charge is 2.07. The number of carbonyl (C=O) groups excluding carboxylic acids is 2. The summed E-state index contributed by atoms with van der Waals surface area (Å²) in [6.07, 6.45) is 3.84. The first kappa shape index (κ1) is 13.1. The van der Waals surface area contributed by atoms with Crippen molar-refractivity contribution in [3.05, 3.63) is 30.2 Å². The highest BCUT2D eigenvalue weighted by molar-refractivity contribution is 5.92. The molecule has 0 bridgehead atoms. The third kappa shape index (κ3) is 3.31. The molecule has 2 rings (SSSR count). The molecule has 0 unspecified atom stereocenters. The number of pyridine rings is 1. The lowest BCUT2D eigenvalue weighted by Gasteiger charge is -2.05. The predicted molar refractivity (Wildman–Crippen MR) is 69.8 cm³/mol. The molecule has 0 saturated heterocycles. The first-order valence-electron chi connectivity index (χ1n) is 5.90. The van der Waals surface area contributed by atoms with Gasteiger partial charge in [-0.1, -0.05) is 0 Å². The molecular formula is C13H15N3O3. The molecule has 2 aromatic heterocycles. The van der Waals surface area contributed by atoms with Crippen molar-refractivity contribution in [1.82, 2.24) is 9.38 Å². The maximum atomic E-state index is 11.6. The first-order chi connectivity index (χ1) is 9.08. The number of hydrogen-bond acceptors (Lipinski definition) is 4. The van der Waals surface area contributed by atoms with Gasteiger partial charge in [-0.25, -0.2) is 4.98 Å². The Labute approximate surface area is 110 Å². The van der Waals surface area contributed by atoms with E-state index in [0.717, 1.165) is 11.3 Å². The summed E-state index contributed by atoms with van der Waals surface area (Å²) in [4.78, 5) is 26.9. The standard InChI is InChI=1S/C13H15N3O3/c1-9-7-16-8-10(3-4-11(16)14-9)15-12(17)5-6-13(18)19-2/h3-4,7-8H,5-6H2,1-2H3,(H,15,17). The predicted octanol–water partition coefficient (Wildman–Crippen LogP) is 1.53. The van der Waals surface area contributed by atoms with Crippen LogP contribution in [0.15, 0.2) is 24.5 Å². The number of rotatable bonds is 4. The Morgan fingerprint density at radius 1 is 1.32 bits per heavy atom. The van der Waals surface area contributed by atoms with Gasteiger partial charge in [0, 0.05) is 18.8 Å². The van der Waals surface area contributed by atoms with E-state index >= 15 is 0 Å². The van der Waals surface area contributed by atoms with Crippen molar-refractivity contribution in [1.29, 1.82) is 0 Å². The lowest BCUT2D eigenvalue weighted by Crippen LogP contribution is -2.14. The molecule has 100 valence electrons. The lowest BCUT2D eigenvalue weighted by molar-refractivity contribution is -0.141. The van der Waals surface area contributed by atoms with Crippen LogP contribution >= 0.6 is 0 Å². The Balaban J connectivity index is 2.00. The quantitative estimate of drug-likeness (QED) is 0.847. The van der Waals surface area contributed by atoms with E-state index in [9.17, 15) is 9.59 Å². The number of anilines is 1. The van der Waals surface area contributed by atoms with Gasteiger partial charge >= 0.3 is 5.97 Å². The van der Waals surface area contributed by atoms with Crippen LogP contribution in [0.3, 0.4) is 0 Å². The zero-order valence-electron chi connectivity index (χ0n) is 10.8. The van der Waals surface area contributed by atoms with E-state index in [0.29, 0.717) is 5.69 Å². The number of imidazole rings is 1. The normalized spacial score (nSPS) is 10.4. The minimum absolute atomic E-state index is 0.0781. The third-order valence-electron chi connectivity index (χ3n) is 2.64. The van der Waals surface area contributed by atoms with E-state index in [1.807, 2.05) is 23.6 Å². The zero-order valence-corrected chi connectivity index (χ0v) is 10.8. The van der Waals surface area contributed by atoms with Gasteiger partial charge in [-0.2, -0.15) is 0 Å². The smallest absolute Gasteiger partial charge is 0.306 e. The summed E-state index contributed by atoms with van der Waals surface area (Å²) >= 11 is 0. The van der Waals surface area contributed by atoms with Crippen LogP contribution < -0.4 is 5.32 Å². The van der Waals surface area contributed by atoms with Crippen LogP contribution in [-0.2, 0) is 14.3 Å². The van der Waals surface area contributed by atoms with E-state index in [1.54, 1.807) is 12.3 Å². The van der Waals surface area contributed by atoms with Gasteiger partial charge in [-0.15, -0.1) is 0 Å². The molecule has 2 aromatic rings. The van der Waals surface area contributed by atoms with Crippen molar-refractivity contribution in [3.8, 4) is 0 Å². The molecule has 0 radical (unpaired) electrons. The summed E-state index contributed by atoms with van der Waals surface area (Å²) in [5.74, 6) is -0.613. The van der Waals surface area contributed by atoms with Gasteiger partial charge in [0.2, 0.25) is 5.91 Å². The van der Waals surface area contributed by atoms with Gasteiger partial charge in [0.1, 0.15) is 5.65 Å². The monoisotopic (exact) mass is 261 g/mol. The largest absolute Gasteiger partial charge is 0.469 e. The summed E-state index contributed by atoms with van der Waals surface area (Å²) in [6, 6.07) is 3.60. The molecular weight excluding hydrogens is 246 g/mol. The van der Waals surface area contributed by atoms with E-state index in [-0.39, 0.29) is 18.7 Å². The van der Waals surface area contributed by atoms with Crippen LogP contribution in [0.5, 0.6) is 0 Å². The number of aromatic nitrogens is 2. The van der Waals surface area contributed by atoms with Gasteiger partial charge in [-0.05, 0) is 19.1 Å². The fourth-order valence-electron chi connectivity index (χ4n) is 1.73. The van der Waals surface area contributed by atoms with Crippen LogP contribution in [0, 0.1) is 6.92 Å². The van der Waals surface area contributed by atoms with Crippen molar-refractivity contribution in [3.63, 3.8) is 0 Å². The number of aryl methyl sites for hydroxylation is 1. The van der Waals surface area contributed by atoms with E-state index in [1.165, 1.54) is 7.11 Å². The molecule has 1 N–H and O–H groups in total. The lowest BCUT2D eigenvalue weighted by atomic mass is 10.3. The second kappa shape index (κ2) is 5.51. The molecule has 6 heteroatoms. The number of carbonyl (C=O) groups is 2. The maximum Gasteiger partial charge on any atom is 0.306 e. The molecule has 19 heavy (non-hydrogen) atoms. The zero-order chi connectivity index (χ0) is 13.8. The van der Waals surface area contributed by atoms with Crippen LogP contribution in [0.1, 0.15) is 18.5 Å². The first-order valence-corrected chi connectivity index (χ1v) is 5.90. The number of ether oxygens (including phenoxy) is 1. The van der Waals surface area contributed by atoms with E-state index in [2.05, 4.69) is 15.0 Å². The molecule has 0 saturated carbocycles. The summed E-state index contributed by atoms with van der Waals surface area (Å²) in [5.41, 5.74) is 2.40. The molecule has 0 spiro atoms. The minimum Gasteiger partial charge on any atom is -0.469 e. The van der Waals surface area contributed by atoms with Crippen LogP contribution in [-0.4, -0.2) is 28.4 Å². The Morgan fingerprint density at radius 2 is 2.11 bits per heavy atom. The van der Waals surface area contributed by atoms with Crippen LogP contribution in [0.25, 0.3) is 5.65 Å². The second-order valence-corrected chi connectivity index (χ2v) is 4.19. The number of hydrogen-bond donors (Lipinski definition) is 1. The summed E-state index contributed by atoms with van der Waals surface area (Å²) in [5, 5.41) is 2.73. The van der Waals surface area contributed by atoms with Crippen molar-refractivity contribution >= 4 is 23.2 Å². The fourth-order valence-corrected chi connectivity index (χ4v) is 1.73. The average Bonchev–Trinajstić information content (AvgIpc) is 2.75. The van der Waals surface area contributed by atoms with E-state index < -0.39 is 5.97 Å². The Bertz CT molecular complexity index is 619. The molecule has 0 aliphatic carbocycles. The molecule has 1 amide bonds. The number of nitrogens with one attached hydrogen (secondary N) is 1. The van der Waals surface area contributed by atoms with Crippen molar-refractivity contribution in [2.45, 2.75) is 19.8 Å². The van der Waals surface area contributed by atoms with Gasteiger partial charge in [-0.3, -0.25) is 9.59 Å². The number of esters is 1. The van der Waals surface area contributed by atoms with E-state index in [4.69, 9.17) is 0 Å². The summed E-state index contributed by atoms with van der Waals surface area (Å²) < 4.78 is 6.32. The molecule has 2 heterocycles.